The third-order valence-corrected chi connectivity index (χ3v) is 6.00. The van der Waals surface area contributed by atoms with Crippen LogP contribution in [0, 0.1) is 6.92 Å². The number of piperidine rings is 1. The Hall–Kier alpha value is -1.62. The fraction of sp³-hybridized carbons (Fsp3) is 0.471. The van der Waals surface area contributed by atoms with Gasteiger partial charge in [-0.2, -0.15) is 8.42 Å². The van der Waals surface area contributed by atoms with E-state index in [0.29, 0.717) is 16.8 Å². The monoisotopic (exact) mass is 318 g/mol. The zero-order valence-corrected chi connectivity index (χ0v) is 14.2. The van der Waals surface area contributed by atoms with E-state index in [4.69, 9.17) is 0 Å². The third kappa shape index (κ3) is 2.58. The van der Waals surface area contributed by atoms with Crippen molar-refractivity contribution in [2.24, 2.45) is 4.40 Å². The lowest BCUT2D eigenvalue weighted by molar-refractivity contribution is 0.259. The number of aryl methyl sites for hydroxylation is 1. The van der Waals surface area contributed by atoms with Gasteiger partial charge in [-0.3, -0.25) is 0 Å². The number of hydrogen-bond acceptors (Lipinski definition) is 3. The van der Waals surface area contributed by atoms with E-state index in [1.807, 2.05) is 38.1 Å². The van der Waals surface area contributed by atoms with Gasteiger partial charge in [-0.05, 0) is 45.6 Å². The van der Waals surface area contributed by atoms with Crippen LogP contribution in [0.1, 0.15) is 44.2 Å². The van der Waals surface area contributed by atoms with Crippen molar-refractivity contribution in [2.75, 3.05) is 6.54 Å². The van der Waals surface area contributed by atoms with Crippen molar-refractivity contribution in [3.8, 4) is 0 Å². The SMILES string of the molecule is CC1=C(c2ccc(C)cc2)S(=O)(=O)N=C1N1CCCC[C@@H]1C. The summed E-state index contributed by atoms with van der Waals surface area (Å²) in [6.07, 6.45) is 3.38. The molecule has 1 fully saturated rings. The lowest BCUT2D eigenvalue weighted by atomic mass is 10.0. The average Bonchev–Trinajstić information content (AvgIpc) is 2.71. The average molecular weight is 318 g/mol. The quantitative estimate of drug-likeness (QED) is 0.798. The van der Waals surface area contributed by atoms with E-state index in [1.54, 1.807) is 0 Å². The molecular formula is C17H22N2O2S. The van der Waals surface area contributed by atoms with Gasteiger partial charge in [0, 0.05) is 18.2 Å². The molecule has 0 saturated carbocycles. The first-order chi connectivity index (χ1) is 10.4. The summed E-state index contributed by atoms with van der Waals surface area (Å²) in [4.78, 5) is 2.51. The molecule has 118 valence electrons. The van der Waals surface area contributed by atoms with E-state index < -0.39 is 10.0 Å². The van der Waals surface area contributed by atoms with Crippen molar-refractivity contribution in [3.05, 3.63) is 41.0 Å². The number of sulfonamides is 1. The molecule has 1 atom stereocenters. The van der Waals surface area contributed by atoms with Gasteiger partial charge in [-0.15, -0.1) is 4.40 Å². The van der Waals surface area contributed by atoms with E-state index in [-0.39, 0.29) is 0 Å². The summed E-state index contributed by atoms with van der Waals surface area (Å²) < 4.78 is 29.2. The zero-order chi connectivity index (χ0) is 15.9. The summed E-state index contributed by atoms with van der Waals surface area (Å²) in [5, 5.41) is 0. The van der Waals surface area contributed by atoms with Gasteiger partial charge in [0.25, 0.3) is 10.0 Å². The molecule has 1 aromatic carbocycles. The van der Waals surface area contributed by atoms with E-state index >= 15 is 0 Å². The Morgan fingerprint density at radius 2 is 1.82 bits per heavy atom. The summed E-state index contributed by atoms with van der Waals surface area (Å²) in [6, 6.07) is 7.95. The lowest BCUT2D eigenvalue weighted by Gasteiger charge is -2.35. The van der Waals surface area contributed by atoms with Crippen molar-refractivity contribution in [2.45, 2.75) is 46.1 Å². The predicted octanol–water partition coefficient (Wildman–Crippen LogP) is 3.34. The van der Waals surface area contributed by atoms with Crippen LogP contribution in [0.25, 0.3) is 4.91 Å². The number of likely N-dealkylation sites (tertiary alicyclic amines) is 1. The largest absolute Gasteiger partial charge is 0.353 e. The summed E-state index contributed by atoms with van der Waals surface area (Å²) in [6.45, 7) is 6.89. The van der Waals surface area contributed by atoms with Crippen molar-refractivity contribution < 1.29 is 8.42 Å². The minimum Gasteiger partial charge on any atom is -0.353 e. The first-order valence-corrected chi connectivity index (χ1v) is 9.24. The predicted molar refractivity (Wildman–Crippen MR) is 90.1 cm³/mol. The van der Waals surface area contributed by atoms with Crippen LogP contribution >= 0.6 is 0 Å². The maximum absolute atomic E-state index is 12.5. The number of hydrogen-bond donors (Lipinski definition) is 0. The normalized spacial score (nSPS) is 24.6. The fourth-order valence-corrected chi connectivity index (χ4v) is 4.75. The smallest absolute Gasteiger partial charge is 0.285 e. The summed E-state index contributed by atoms with van der Waals surface area (Å²) in [5.41, 5.74) is 2.62. The Morgan fingerprint density at radius 1 is 1.14 bits per heavy atom. The van der Waals surface area contributed by atoms with Crippen LogP contribution in [-0.4, -0.2) is 31.7 Å². The molecular weight excluding hydrogens is 296 g/mol. The second kappa shape index (κ2) is 5.54. The van der Waals surface area contributed by atoms with E-state index in [0.717, 1.165) is 36.1 Å². The van der Waals surface area contributed by atoms with Crippen LogP contribution in [0.2, 0.25) is 0 Å². The molecule has 0 amide bonds. The molecule has 0 bridgehead atoms. The molecule has 1 saturated heterocycles. The van der Waals surface area contributed by atoms with Crippen molar-refractivity contribution in [1.29, 1.82) is 0 Å². The van der Waals surface area contributed by atoms with Crippen LogP contribution in [-0.2, 0) is 10.0 Å². The van der Waals surface area contributed by atoms with E-state index in [9.17, 15) is 8.42 Å². The van der Waals surface area contributed by atoms with Gasteiger partial charge in [0.2, 0.25) is 0 Å². The van der Waals surface area contributed by atoms with Gasteiger partial charge in [0.15, 0.2) is 0 Å². The maximum Gasteiger partial charge on any atom is 0.285 e. The Balaban J connectivity index is 2.05. The van der Waals surface area contributed by atoms with Crippen LogP contribution in [0.4, 0.5) is 0 Å². The number of amidine groups is 1. The van der Waals surface area contributed by atoms with E-state index in [1.165, 1.54) is 6.42 Å². The fourth-order valence-electron chi connectivity index (χ4n) is 3.27. The highest BCUT2D eigenvalue weighted by atomic mass is 32.2. The highest BCUT2D eigenvalue weighted by Crippen LogP contribution is 2.35. The van der Waals surface area contributed by atoms with Gasteiger partial charge < -0.3 is 4.90 Å². The Morgan fingerprint density at radius 3 is 2.45 bits per heavy atom. The topological polar surface area (TPSA) is 49.7 Å². The maximum atomic E-state index is 12.5. The molecule has 22 heavy (non-hydrogen) atoms. The Bertz CT molecular complexity index is 745. The highest BCUT2D eigenvalue weighted by Gasteiger charge is 2.35. The van der Waals surface area contributed by atoms with Crippen molar-refractivity contribution in [1.82, 2.24) is 4.90 Å². The van der Waals surface area contributed by atoms with Crippen LogP contribution < -0.4 is 0 Å². The molecule has 5 heteroatoms. The van der Waals surface area contributed by atoms with Crippen LogP contribution in [0.3, 0.4) is 0 Å². The lowest BCUT2D eigenvalue weighted by Crippen LogP contribution is -2.42. The van der Waals surface area contributed by atoms with Gasteiger partial charge in [0.1, 0.15) is 10.7 Å². The zero-order valence-electron chi connectivity index (χ0n) is 13.3. The van der Waals surface area contributed by atoms with E-state index in [2.05, 4.69) is 16.2 Å². The van der Waals surface area contributed by atoms with Gasteiger partial charge >= 0.3 is 0 Å². The number of nitrogens with zero attached hydrogens (tertiary/aromatic N) is 2. The van der Waals surface area contributed by atoms with Crippen molar-refractivity contribution >= 4 is 20.8 Å². The first-order valence-electron chi connectivity index (χ1n) is 7.80. The molecule has 2 heterocycles. The minimum absolute atomic E-state index is 0.343. The Labute approximate surface area is 132 Å². The molecule has 0 aromatic heterocycles. The molecule has 4 nitrogen and oxygen atoms in total. The molecule has 0 radical (unpaired) electrons. The van der Waals surface area contributed by atoms with Gasteiger partial charge in [-0.25, -0.2) is 0 Å². The summed E-state index contributed by atoms with van der Waals surface area (Å²) in [5.74, 6) is 0.641. The number of benzene rings is 1. The Kier molecular flexibility index (Phi) is 3.85. The molecule has 0 N–H and O–H groups in total. The molecule has 0 spiro atoms. The number of rotatable bonds is 1. The standard InChI is InChI=1S/C17H22N2O2S/c1-12-7-9-15(10-8-12)16-14(3)17(18-22(16,20)21)19-11-5-4-6-13(19)2/h7-10,13H,4-6,11H2,1-3H3/t13-/m0/s1. The second-order valence-corrected chi connectivity index (χ2v) is 7.79. The molecule has 0 unspecified atom stereocenters. The second-order valence-electron chi connectivity index (χ2n) is 6.25. The van der Waals surface area contributed by atoms with Gasteiger partial charge in [-0.1, -0.05) is 29.8 Å². The summed E-state index contributed by atoms with van der Waals surface area (Å²) in [7, 11) is -3.60. The van der Waals surface area contributed by atoms with Gasteiger partial charge in [0.05, 0.1) is 0 Å². The first kappa shape index (κ1) is 15.3. The highest BCUT2D eigenvalue weighted by molar-refractivity contribution is 8.00. The van der Waals surface area contributed by atoms with Crippen LogP contribution in [0.5, 0.6) is 0 Å². The summed E-state index contributed by atoms with van der Waals surface area (Å²) >= 11 is 0. The third-order valence-electron chi connectivity index (χ3n) is 4.53. The molecule has 3 rings (SSSR count). The molecule has 0 aliphatic carbocycles. The molecule has 2 aliphatic rings. The van der Waals surface area contributed by atoms with Crippen molar-refractivity contribution in [3.63, 3.8) is 0 Å². The van der Waals surface area contributed by atoms with Crippen LogP contribution in [0.15, 0.2) is 34.2 Å². The minimum atomic E-state index is -3.60. The molecule has 1 aromatic rings. The molecule has 2 aliphatic heterocycles.